The van der Waals surface area contributed by atoms with Gasteiger partial charge < -0.3 is 25.2 Å². The van der Waals surface area contributed by atoms with E-state index in [-0.39, 0.29) is 47.2 Å². The zero-order chi connectivity index (χ0) is 32.3. The monoisotopic (exact) mass is 627 g/mol. The number of ketones is 2. The fourth-order valence-corrected chi connectivity index (χ4v) is 5.10. The Morgan fingerprint density at radius 2 is 1.84 bits per heavy atom. The normalized spacial score (nSPS) is 13.8. The van der Waals surface area contributed by atoms with Crippen molar-refractivity contribution in [2.45, 2.75) is 65.8 Å². The second-order valence-electron chi connectivity index (χ2n) is 11.8. The fourth-order valence-electron chi connectivity index (χ4n) is 4.91. The van der Waals surface area contributed by atoms with E-state index in [2.05, 4.69) is 10.6 Å². The van der Waals surface area contributed by atoms with Gasteiger partial charge in [0, 0.05) is 51.9 Å². The molecule has 1 fully saturated rings. The lowest BCUT2D eigenvalue weighted by molar-refractivity contribution is -0.145. The van der Waals surface area contributed by atoms with E-state index in [1.807, 2.05) is 5.32 Å². The van der Waals surface area contributed by atoms with Gasteiger partial charge in [-0.15, -0.1) is 0 Å². The molecule has 1 heterocycles. The third kappa shape index (κ3) is 7.61. The molecule has 0 aliphatic heterocycles. The second kappa shape index (κ2) is 13.1. The first kappa shape index (κ1) is 32.6. The fraction of sp³-hybridized carbons (Fsp3) is 0.387. The summed E-state index contributed by atoms with van der Waals surface area (Å²) in [6.07, 6.45) is 0.594. The van der Waals surface area contributed by atoms with Crippen molar-refractivity contribution in [1.29, 1.82) is 0 Å². The quantitative estimate of drug-likeness (QED) is 0.170. The van der Waals surface area contributed by atoms with Gasteiger partial charge in [-0.05, 0) is 44.0 Å². The molecule has 2 aromatic carbocycles. The van der Waals surface area contributed by atoms with Crippen LogP contribution in [0.15, 0.2) is 42.6 Å². The second-order valence-corrected chi connectivity index (χ2v) is 12.2. The number of fused-ring (bicyclic) bond motifs is 1. The Kier molecular flexibility index (Phi) is 9.75. The first-order valence-electron chi connectivity index (χ1n) is 14.1. The minimum Gasteiger partial charge on any atom is -0.465 e. The summed E-state index contributed by atoms with van der Waals surface area (Å²) in [5.74, 6) is -2.05. The third-order valence-electron chi connectivity index (χ3n) is 7.26. The molecule has 4 N–H and O–H groups in total. The van der Waals surface area contributed by atoms with Crippen LogP contribution >= 0.6 is 11.6 Å². The van der Waals surface area contributed by atoms with Crippen molar-refractivity contribution in [3.63, 3.8) is 0 Å². The van der Waals surface area contributed by atoms with E-state index in [1.165, 1.54) is 17.9 Å². The number of carbonyl (C=O) groups is 5. The average molecular weight is 628 g/mol. The van der Waals surface area contributed by atoms with Crippen LogP contribution in [0.1, 0.15) is 56.5 Å². The summed E-state index contributed by atoms with van der Waals surface area (Å²) in [4.78, 5) is 64.5. The maximum absolute atomic E-state index is 14.7. The lowest BCUT2D eigenvalue weighted by atomic mass is 9.88. The summed E-state index contributed by atoms with van der Waals surface area (Å²) in [6, 6.07) is 9.22. The van der Waals surface area contributed by atoms with Crippen LogP contribution in [-0.4, -0.2) is 62.8 Å². The Morgan fingerprint density at radius 3 is 2.45 bits per heavy atom. The van der Waals surface area contributed by atoms with Crippen LogP contribution in [0.3, 0.4) is 0 Å². The number of nitrogens with one attached hydrogen (secondary N) is 3. The van der Waals surface area contributed by atoms with E-state index in [4.69, 9.17) is 16.7 Å². The molecule has 0 radical (unpaired) electrons. The lowest BCUT2D eigenvalue weighted by Gasteiger charge is -2.35. The zero-order valence-electron chi connectivity index (χ0n) is 24.9. The Hall–Kier alpha value is -4.29. The van der Waals surface area contributed by atoms with Gasteiger partial charge in [-0.2, -0.15) is 0 Å². The minimum atomic E-state index is -1.34. The molecular formula is C31H35ClFN5O6. The molecule has 1 aromatic heterocycles. The number of hydrogen-bond acceptors (Lipinski definition) is 6. The number of carboxylic acid groups (broad SMARTS) is 1. The van der Waals surface area contributed by atoms with E-state index in [1.54, 1.807) is 61.9 Å². The first-order valence-corrected chi connectivity index (χ1v) is 14.5. The largest absolute Gasteiger partial charge is 0.465 e. The van der Waals surface area contributed by atoms with Crippen LogP contribution in [0, 0.1) is 11.2 Å². The molecule has 1 atom stereocenters. The Balaban J connectivity index is 1.63. The zero-order valence-corrected chi connectivity index (χ0v) is 25.6. The molecule has 1 saturated carbocycles. The van der Waals surface area contributed by atoms with Gasteiger partial charge in [0.25, 0.3) is 0 Å². The highest BCUT2D eigenvalue weighted by atomic mass is 35.5. The number of rotatable bonds is 12. The van der Waals surface area contributed by atoms with Gasteiger partial charge in [-0.25, -0.2) is 9.18 Å². The van der Waals surface area contributed by atoms with Crippen LogP contribution in [0.4, 0.5) is 14.9 Å². The molecule has 44 heavy (non-hydrogen) atoms. The van der Waals surface area contributed by atoms with Crippen LogP contribution in [0.25, 0.3) is 10.9 Å². The van der Waals surface area contributed by atoms with Crippen LogP contribution < -0.4 is 16.0 Å². The van der Waals surface area contributed by atoms with E-state index in [0.29, 0.717) is 35.0 Å². The molecule has 1 aliphatic carbocycles. The van der Waals surface area contributed by atoms with Gasteiger partial charge in [-0.3, -0.25) is 24.5 Å². The van der Waals surface area contributed by atoms with E-state index < -0.39 is 35.9 Å². The molecular weight excluding hydrogens is 593 g/mol. The van der Waals surface area contributed by atoms with Crippen molar-refractivity contribution in [3.8, 4) is 0 Å². The molecule has 1 unspecified atom stereocenters. The SMILES string of the molecule is CC(=O)c1cn(CC(=O)N(C2CC2)C(NCc2cccc(Cl)c2F)C(=O)C(C)(C)C)c2ccc(NC(=O)CNC(=O)O)cc12. The van der Waals surface area contributed by atoms with Crippen LogP contribution in [0.2, 0.25) is 5.02 Å². The molecule has 0 spiro atoms. The Morgan fingerprint density at radius 1 is 1.14 bits per heavy atom. The first-order chi connectivity index (χ1) is 20.7. The highest BCUT2D eigenvalue weighted by Gasteiger charge is 2.43. The number of carbonyl (C=O) groups excluding carboxylic acids is 4. The topological polar surface area (TPSA) is 150 Å². The predicted octanol–water partition coefficient (Wildman–Crippen LogP) is 4.56. The number of benzene rings is 2. The minimum absolute atomic E-state index is 0.0349. The van der Waals surface area contributed by atoms with Crippen LogP contribution in [0.5, 0.6) is 0 Å². The van der Waals surface area contributed by atoms with Crippen molar-refractivity contribution in [1.82, 2.24) is 20.1 Å². The molecule has 234 valence electrons. The summed E-state index contributed by atoms with van der Waals surface area (Å²) < 4.78 is 16.3. The van der Waals surface area contributed by atoms with Crippen LogP contribution in [-0.2, 0) is 27.5 Å². The highest BCUT2D eigenvalue weighted by Crippen LogP contribution is 2.32. The van der Waals surface area contributed by atoms with Gasteiger partial charge in [0.05, 0.1) is 5.02 Å². The van der Waals surface area contributed by atoms with Gasteiger partial charge in [0.15, 0.2) is 11.6 Å². The summed E-state index contributed by atoms with van der Waals surface area (Å²) in [5.41, 5.74) is 0.655. The molecule has 3 aromatic rings. The maximum atomic E-state index is 14.7. The number of halogens is 2. The van der Waals surface area contributed by atoms with Crippen molar-refractivity contribution < 1.29 is 33.5 Å². The molecule has 1 aliphatic rings. The Bertz CT molecular complexity index is 1630. The summed E-state index contributed by atoms with van der Waals surface area (Å²) in [7, 11) is 0. The van der Waals surface area contributed by atoms with Crippen molar-refractivity contribution >= 4 is 57.7 Å². The van der Waals surface area contributed by atoms with Gasteiger partial charge in [0.2, 0.25) is 11.8 Å². The smallest absolute Gasteiger partial charge is 0.405 e. The number of anilines is 1. The number of aromatic nitrogens is 1. The Labute approximate surface area is 258 Å². The van der Waals surface area contributed by atoms with Crippen molar-refractivity contribution in [2.24, 2.45) is 5.41 Å². The molecule has 11 nitrogen and oxygen atoms in total. The standard InChI is InChI=1S/C31H35ClFN5O6/c1-17(39)22-15-37(24-11-8-19(12-21(22)24)36-25(40)14-35-30(43)44)16-26(41)38(20-9-10-20)29(28(42)31(2,3)4)34-13-18-6-5-7-23(32)27(18)33/h5-8,11-12,15,20,29,34-35H,9-10,13-14,16H2,1-4H3,(H,36,40)(H,43,44). The number of amides is 3. The number of Topliss-reactive ketones (excluding diaryl/α,β-unsaturated/α-hetero) is 2. The molecule has 0 bridgehead atoms. The number of nitrogens with zero attached hydrogens (tertiary/aromatic N) is 2. The van der Waals surface area contributed by atoms with E-state index in [9.17, 15) is 28.4 Å². The van der Waals surface area contributed by atoms with E-state index >= 15 is 0 Å². The van der Waals surface area contributed by atoms with Crippen molar-refractivity contribution in [3.05, 3.63) is 64.6 Å². The molecule has 3 amide bonds. The highest BCUT2D eigenvalue weighted by molar-refractivity contribution is 6.30. The van der Waals surface area contributed by atoms with Gasteiger partial charge >= 0.3 is 6.09 Å². The van der Waals surface area contributed by atoms with Gasteiger partial charge in [-0.1, -0.05) is 44.5 Å². The van der Waals surface area contributed by atoms with Gasteiger partial charge in [0.1, 0.15) is 25.1 Å². The summed E-state index contributed by atoms with van der Waals surface area (Å²) in [6.45, 7) is 5.98. The lowest BCUT2D eigenvalue weighted by Crippen LogP contribution is -2.57. The summed E-state index contributed by atoms with van der Waals surface area (Å²) >= 11 is 5.95. The predicted molar refractivity (Wildman–Crippen MR) is 163 cm³/mol. The van der Waals surface area contributed by atoms with E-state index in [0.717, 1.165) is 0 Å². The third-order valence-corrected chi connectivity index (χ3v) is 7.55. The molecule has 4 rings (SSSR count). The van der Waals surface area contributed by atoms with Crippen molar-refractivity contribution in [2.75, 3.05) is 11.9 Å². The molecule has 13 heteroatoms. The number of hydrogen-bond donors (Lipinski definition) is 4. The average Bonchev–Trinajstić information content (AvgIpc) is 3.71. The maximum Gasteiger partial charge on any atom is 0.405 e. The molecule has 0 saturated heterocycles. The summed E-state index contributed by atoms with van der Waals surface area (Å²) in [5, 5.41) is 16.8.